The fraction of sp³-hybridized carbons (Fsp3) is 0.462. The van der Waals surface area contributed by atoms with Crippen LogP contribution in [-0.4, -0.2) is 48.5 Å². The van der Waals surface area contributed by atoms with Crippen LogP contribution in [0.4, 0.5) is 5.82 Å². The third-order valence-electron chi connectivity index (χ3n) is 3.71. The Labute approximate surface area is 117 Å². The number of ether oxygens (including phenoxy) is 1. The Morgan fingerprint density at radius 2 is 2.40 bits per heavy atom. The Morgan fingerprint density at radius 3 is 3.15 bits per heavy atom. The fourth-order valence-corrected chi connectivity index (χ4v) is 2.80. The van der Waals surface area contributed by atoms with Gasteiger partial charge in [0.2, 0.25) is 0 Å². The molecule has 3 rings (SSSR count). The largest absolute Gasteiger partial charge is 0.526 e. The molecule has 2 aromatic rings. The number of hydrogen-bond acceptors (Lipinski definition) is 6. The van der Waals surface area contributed by atoms with Crippen molar-refractivity contribution in [2.75, 3.05) is 25.2 Å². The topological polar surface area (TPSA) is 79.0 Å². The van der Waals surface area contributed by atoms with E-state index in [0.717, 1.165) is 30.6 Å². The normalized spacial score (nSPS) is 18.9. The molecule has 1 aliphatic rings. The van der Waals surface area contributed by atoms with E-state index in [-0.39, 0.29) is 5.66 Å². The Kier molecular flexibility index (Phi) is 3.65. The van der Waals surface area contributed by atoms with Crippen LogP contribution in [0.15, 0.2) is 22.7 Å². The predicted octanol–water partition coefficient (Wildman–Crippen LogP) is 0.123. The van der Waals surface area contributed by atoms with E-state index in [1.807, 2.05) is 0 Å². The van der Waals surface area contributed by atoms with Crippen LogP contribution in [-0.2, 0) is 4.74 Å². The molecule has 1 aliphatic heterocycles. The van der Waals surface area contributed by atoms with Crippen molar-refractivity contribution >= 4 is 29.6 Å². The number of furan rings is 1. The average Bonchev–Trinajstić information content (AvgIpc) is 3.04. The molecule has 7 heteroatoms. The third-order valence-corrected chi connectivity index (χ3v) is 3.71. The van der Waals surface area contributed by atoms with Crippen molar-refractivity contribution in [2.45, 2.75) is 18.9 Å². The van der Waals surface area contributed by atoms with Crippen LogP contribution in [0, 0.1) is 0 Å². The van der Waals surface area contributed by atoms with Gasteiger partial charge in [0.1, 0.15) is 17.1 Å². The molecular formula is C13H17BN2O4. The minimum atomic E-state index is -1.61. The fourth-order valence-electron chi connectivity index (χ4n) is 2.80. The lowest BCUT2D eigenvalue weighted by atomic mass is 9.88. The van der Waals surface area contributed by atoms with Gasteiger partial charge in [-0.25, -0.2) is 4.98 Å². The second-order valence-corrected chi connectivity index (χ2v) is 5.01. The molecule has 0 amide bonds. The number of aromatic nitrogens is 1. The van der Waals surface area contributed by atoms with Gasteiger partial charge in [-0.3, -0.25) is 0 Å². The molecule has 20 heavy (non-hydrogen) atoms. The van der Waals surface area contributed by atoms with Crippen LogP contribution in [0.2, 0.25) is 0 Å². The monoisotopic (exact) mass is 276 g/mol. The summed E-state index contributed by atoms with van der Waals surface area (Å²) in [7, 11) is 0.0892. The van der Waals surface area contributed by atoms with E-state index >= 15 is 0 Å². The van der Waals surface area contributed by atoms with Gasteiger partial charge in [0.05, 0.1) is 18.0 Å². The molecule has 6 nitrogen and oxygen atoms in total. The van der Waals surface area contributed by atoms with Gasteiger partial charge in [0.15, 0.2) is 0 Å². The summed E-state index contributed by atoms with van der Waals surface area (Å²) in [6.45, 7) is 1.58. The third kappa shape index (κ3) is 2.28. The van der Waals surface area contributed by atoms with Crippen LogP contribution in [0.1, 0.15) is 12.8 Å². The van der Waals surface area contributed by atoms with Crippen molar-refractivity contribution in [2.24, 2.45) is 0 Å². The average molecular weight is 276 g/mol. The summed E-state index contributed by atoms with van der Waals surface area (Å²) in [5.74, 6) is 0.817. The zero-order valence-electron chi connectivity index (χ0n) is 11.3. The first-order valence-electron chi connectivity index (χ1n) is 6.71. The molecule has 0 aliphatic carbocycles. The molecule has 0 radical (unpaired) electrons. The molecule has 3 heterocycles. The molecular weight excluding hydrogens is 259 g/mol. The maximum absolute atomic E-state index is 9.22. The van der Waals surface area contributed by atoms with Crippen LogP contribution < -0.4 is 10.6 Å². The summed E-state index contributed by atoms with van der Waals surface area (Å²) >= 11 is 0. The number of methoxy groups -OCH3 is 1. The van der Waals surface area contributed by atoms with Crippen molar-refractivity contribution in [1.29, 1.82) is 0 Å². The molecule has 0 bridgehead atoms. The molecule has 0 unspecified atom stereocenters. The lowest BCUT2D eigenvalue weighted by molar-refractivity contribution is 0.180. The Balaban J connectivity index is 2.02. The van der Waals surface area contributed by atoms with Crippen LogP contribution in [0.3, 0.4) is 0 Å². The zero-order valence-corrected chi connectivity index (χ0v) is 11.3. The smallest absolute Gasteiger partial charge is 0.464 e. The molecule has 2 N–H and O–H groups in total. The maximum atomic E-state index is 9.22. The van der Waals surface area contributed by atoms with Crippen LogP contribution >= 0.6 is 0 Å². The first kappa shape index (κ1) is 13.4. The van der Waals surface area contributed by atoms with Gasteiger partial charge in [-0.2, -0.15) is 0 Å². The Bertz CT molecular complexity index is 601. The summed E-state index contributed by atoms with van der Waals surface area (Å²) in [5.41, 5.74) is 0.748. The highest BCUT2D eigenvalue weighted by atomic mass is 16.5. The first-order valence-corrected chi connectivity index (χ1v) is 6.71. The second kappa shape index (κ2) is 5.44. The number of pyridine rings is 1. The van der Waals surface area contributed by atoms with E-state index in [4.69, 9.17) is 9.15 Å². The summed E-state index contributed by atoms with van der Waals surface area (Å²) in [5, 5.41) is 19.3. The molecule has 106 valence electrons. The summed E-state index contributed by atoms with van der Waals surface area (Å²) < 4.78 is 10.7. The van der Waals surface area contributed by atoms with Gasteiger partial charge in [-0.05, 0) is 25.0 Å². The van der Waals surface area contributed by atoms with Crippen molar-refractivity contribution in [3.8, 4) is 0 Å². The predicted molar refractivity (Wildman–Crippen MR) is 76.1 cm³/mol. The summed E-state index contributed by atoms with van der Waals surface area (Å²) in [6, 6.07) is 3.67. The zero-order chi connectivity index (χ0) is 14.1. The quantitative estimate of drug-likeness (QED) is 0.772. The Morgan fingerprint density at radius 1 is 1.55 bits per heavy atom. The van der Waals surface area contributed by atoms with Crippen LogP contribution in [0.5, 0.6) is 0 Å². The van der Waals surface area contributed by atoms with Gasteiger partial charge in [-0.1, -0.05) is 0 Å². The Hall–Kier alpha value is -1.57. The number of rotatable bonds is 4. The molecule has 0 aromatic carbocycles. The molecule has 0 spiro atoms. The molecule has 2 aromatic heterocycles. The number of hydrogen-bond donors (Lipinski definition) is 2. The van der Waals surface area contributed by atoms with E-state index in [1.54, 1.807) is 25.4 Å². The molecule has 1 saturated heterocycles. The minimum Gasteiger partial charge on any atom is -0.464 e. The number of nitrogens with zero attached hydrogens (tertiary/aromatic N) is 2. The van der Waals surface area contributed by atoms with E-state index in [0.29, 0.717) is 18.2 Å². The lowest BCUT2D eigenvalue weighted by Gasteiger charge is -2.25. The van der Waals surface area contributed by atoms with Crippen molar-refractivity contribution in [3.63, 3.8) is 0 Å². The van der Waals surface area contributed by atoms with Crippen molar-refractivity contribution < 1.29 is 19.2 Å². The molecule has 1 fully saturated rings. The summed E-state index contributed by atoms with van der Waals surface area (Å²) in [6.07, 6.45) is 3.84. The van der Waals surface area contributed by atoms with Gasteiger partial charge in [0, 0.05) is 19.9 Å². The van der Waals surface area contributed by atoms with Gasteiger partial charge in [0.25, 0.3) is 0 Å². The van der Waals surface area contributed by atoms with E-state index in [1.165, 1.54) is 0 Å². The standard InChI is InChI=1S/C13H17BN2O4/c1-19-8-9-3-2-6-16(9)13-10-7-12(14(17)18)20-11(10)4-5-15-13/h4-5,7,9,17-18H,2-3,6,8H2,1H3/t9-/m0/s1. The van der Waals surface area contributed by atoms with Crippen LogP contribution in [0.25, 0.3) is 11.0 Å². The lowest BCUT2D eigenvalue weighted by Crippen LogP contribution is -2.33. The summed E-state index contributed by atoms with van der Waals surface area (Å²) in [4.78, 5) is 6.64. The molecule has 1 atom stereocenters. The SMILES string of the molecule is COC[C@@H]1CCCN1c1nccc2oc(B(O)O)cc12. The van der Waals surface area contributed by atoms with E-state index < -0.39 is 7.12 Å². The van der Waals surface area contributed by atoms with Crippen molar-refractivity contribution in [3.05, 3.63) is 18.3 Å². The van der Waals surface area contributed by atoms with E-state index in [9.17, 15) is 10.0 Å². The van der Waals surface area contributed by atoms with Gasteiger partial charge >= 0.3 is 7.12 Å². The van der Waals surface area contributed by atoms with Gasteiger partial charge < -0.3 is 24.1 Å². The minimum absolute atomic E-state index is 0.136. The van der Waals surface area contributed by atoms with Crippen molar-refractivity contribution in [1.82, 2.24) is 4.98 Å². The van der Waals surface area contributed by atoms with E-state index in [2.05, 4.69) is 9.88 Å². The number of fused-ring (bicyclic) bond motifs is 1. The highest BCUT2D eigenvalue weighted by Gasteiger charge is 2.28. The maximum Gasteiger partial charge on any atom is 0.526 e. The highest BCUT2D eigenvalue weighted by molar-refractivity contribution is 6.57. The number of anilines is 1. The molecule has 0 saturated carbocycles. The second-order valence-electron chi connectivity index (χ2n) is 5.01. The van der Waals surface area contributed by atoms with Gasteiger partial charge in [-0.15, -0.1) is 0 Å². The first-order chi connectivity index (χ1) is 9.70. The highest BCUT2D eigenvalue weighted by Crippen LogP contribution is 2.30.